The first-order valence-corrected chi connectivity index (χ1v) is 10.3. The van der Waals surface area contributed by atoms with Gasteiger partial charge in [-0.3, -0.25) is 9.59 Å². The summed E-state index contributed by atoms with van der Waals surface area (Å²) in [4.78, 5) is 24.4. The lowest BCUT2D eigenvalue weighted by atomic mass is 9.93. The van der Waals surface area contributed by atoms with Crippen LogP contribution in [0.3, 0.4) is 0 Å². The van der Waals surface area contributed by atoms with Gasteiger partial charge in [0.05, 0.1) is 6.54 Å². The highest BCUT2D eigenvalue weighted by Crippen LogP contribution is 2.25. The van der Waals surface area contributed by atoms with Crippen molar-refractivity contribution in [2.24, 2.45) is 0 Å². The van der Waals surface area contributed by atoms with E-state index in [0.29, 0.717) is 17.2 Å². The third kappa shape index (κ3) is 5.80. The second kappa shape index (κ2) is 9.58. The molecule has 0 radical (unpaired) electrons. The molecule has 0 fully saturated rings. The van der Waals surface area contributed by atoms with Gasteiger partial charge in [0.2, 0.25) is 0 Å². The van der Waals surface area contributed by atoms with E-state index in [1.807, 2.05) is 66.7 Å². The van der Waals surface area contributed by atoms with Gasteiger partial charge in [-0.05, 0) is 47.2 Å². The number of rotatable bonds is 6. The average Bonchev–Trinajstić information content (AvgIpc) is 2.78. The minimum Gasteiger partial charge on any atom is -0.384 e. The van der Waals surface area contributed by atoms with E-state index in [2.05, 4.69) is 24.5 Å². The predicted molar refractivity (Wildman–Crippen MR) is 124 cm³/mol. The normalized spacial score (nSPS) is 12.8. The first-order valence-electron chi connectivity index (χ1n) is 10.3. The lowest BCUT2D eigenvalue weighted by Gasteiger charge is -2.24. The Labute approximate surface area is 183 Å². The molecule has 2 amide bonds. The van der Waals surface area contributed by atoms with Crippen LogP contribution in [0.25, 0.3) is 11.1 Å². The third-order valence-electron chi connectivity index (χ3n) is 5.25. The molecule has 5 heteroatoms. The fourth-order valence-corrected chi connectivity index (χ4v) is 3.23. The number of amides is 2. The zero-order valence-electron chi connectivity index (χ0n) is 18.1. The summed E-state index contributed by atoms with van der Waals surface area (Å²) in [5.41, 5.74) is 3.15. The van der Waals surface area contributed by atoms with E-state index >= 15 is 0 Å². The van der Waals surface area contributed by atoms with Crippen LogP contribution in [-0.4, -0.2) is 23.5 Å². The highest BCUT2D eigenvalue weighted by molar-refractivity contribution is 6.39. The van der Waals surface area contributed by atoms with Gasteiger partial charge < -0.3 is 15.7 Å². The maximum absolute atomic E-state index is 12.2. The van der Waals surface area contributed by atoms with Gasteiger partial charge in [-0.25, -0.2) is 0 Å². The van der Waals surface area contributed by atoms with Gasteiger partial charge in [0, 0.05) is 5.69 Å². The van der Waals surface area contributed by atoms with Crippen molar-refractivity contribution in [1.82, 2.24) is 5.32 Å². The first-order chi connectivity index (χ1) is 14.8. The minimum absolute atomic E-state index is 0.0871. The molecule has 0 aromatic heterocycles. The number of carbonyl (C=O) groups excluding carboxylic acids is 2. The van der Waals surface area contributed by atoms with E-state index < -0.39 is 17.4 Å². The summed E-state index contributed by atoms with van der Waals surface area (Å²) in [6, 6.07) is 24.8. The molecule has 1 atom stereocenters. The molecule has 0 spiro atoms. The van der Waals surface area contributed by atoms with Gasteiger partial charge in [0.15, 0.2) is 0 Å². The van der Waals surface area contributed by atoms with E-state index in [4.69, 9.17) is 0 Å². The van der Waals surface area contributed by atoms with Crippen molar-refractivity contribution < 1.29 is 14.7 Å². The first kappa shape index (κ1) is 22.2. The lowest BCUT2D eigenvalue weighted by Crippen LogP contribution is -2.43. The molecule has 0 bridgehead atoms. The Kier molecular flexibility index (Phi) is 6.88. The number of anilines is 1. The molecule has 0 saturated heterocycles. The highest BCUT2D eigenvalue weighted by atomic mass is 16.3. The Balaban J connectivity index is 1.57. The third-order valence-corrected chi connectivity index (χ3v) is 5.25. The standard InChI is InChI=1S/C26H28N2O3/c1-18(2)19-11-15-23(16-12-19)28-25(30)24(29)27-17-26(3,31)22-13-9-21(10-14-22)20-7-5-4-6-8-20/h4-16,18,31H,17H2,1-3H3,(H,27,29)(H,28,30). The highest BCUT2D eigenvalue weighted by Gasteiger charge is 2.25. The van der Waals surface area contributed by atoms with E-state index in [1.165, 1.54) is 0 Å². The second-order valence-electron chi connectivity index (χ2n) is 8.13. The van der Waals surface area contributed by atoms with Gasteiger partial charge in [0.25, 0.3) is 0 Å². The molecule has 1 unspecified atom stereocenters. The van der Waals surface area contributed by atoms with Crippen molar-refractivity contribution in [3.8, 4) is 11.1 Å². The molecule has 5 nitrogen and oxygen atoms in total. The van der Waals surface area contributed by atoms with Crippen LogP contribution < -0.4 is 10.6 Å². The van der Waals surface area contributed by atoms with Crippen molar-refractivity contribution in [3.05, 3.63) is 90.0 Å². The van der Waals surface area contributed by atoms with E-state index in [9.17, 15) is 14.7 Å². The Morgan fingerprint density at radius 2 is 1.42 bits per heavy atom. The van der Waals surface area contributed by atoms with Crippen molar-refractivity contribution >= 4 is 17.5 Å². The molecular formula is C26H28N2O3. The maximum Gasteiger partial charge on any atom is 0.313 e. The number of hydrogen-bond acceptors (Lipinski definition) is 3. The summed E-state index contributed by atoms with van der Waals surface area (Å²) in [7, 11) is 0. The van der Waals surface area contributed by atoms with Crippen LogP contribution in [0.15, 0.2) is 78.9 Å². The zero-order valence-corrected chi connectivity index (χ0v) is 18.1. The Morgan fingerprint density at radius 1 is 0.839 bits per heavy atom. The van der Waals surface area contributed by atoms with Gasteiger partial charge in [-0.2, -0.15) is 0 Å². The van der Waals surface area contributed by atoms with Crippen LogP contribution in [0.1, 0.15) is 37.8 Å². The molecular weight excluding hydrogens is 388 g/mol. The van der Waals surface area contributed by atoms with E-state index in [1.54, 1.807) is 19.1 Å². The molecule has 0 aliphatic carbocycles. The van der Waals surface area contributed by atoms with Gasteiger partial charge in [-0.15, -0.1) is 0 Å². The molecule has 3 N–H and O–H groups in total. The Hall–Kier alpha value is -3.44. The quantitative estimate of drug-likeness (QED) is 0.520. The summed E-state index contributed by atoms with van der Waals surface area (Å²) in [5.74, 6) is -1.18. The average molecular weight is 417 g/mol. The minimum atomic E-state index is -1.32. The molecule has 3 rings (SSSR count). The zero-order chi connectivity index (χ0) is 22.4. The predicted octanol–water partition coefficient (Wildman–Crippen LogP) is 4.44. The fraction of sp³-hybridized carbons (Fsp3) is 0.231. The summed E-state index contributed by atoms with van der Waals surface area (Å²) in [6.45, 7) is 5.69. The van der Waals surface area contributed by atoms with Gasteiger partial charge >= 0.3 is 11.8 Å². The molecule has 0 aliphatic rings. The SMILES string of the molecule is CC(C)c1ccc(NC(=O)C(=O)NCC(C)(O)c2ccc(-c3ccccc3)cc2)cc1. The van der Waals surface area contributed by atoms with Gasteiger partial charge in [0.1, 0.15) is 5.60 Å². The van der Waals surface area contributed by atoms with Crippen LogP contribution in [-0.2, 0) is 15.2 Å². The molecule has 3 aromatic rings. The Bertz CT molecular complexity index is 1020. The van der Waals surface area contributed by atoms with Crippen molar-refractivity contribution in [3.63, 3.8) is 0 Å². The Morgan fingerprint density at radius 3 is 2.00 bits per heavy atom. The summed E-state index contributed by atoms with van der Waals surface area (Å²) >= 11 is 0. The van der Waals surface area contributed by atoms with Crippen LogP contribution in [0.4, 0.5) is 5.69 Å². The van der Waals surface area contributed by atoms with Crippen molar-refractivity contribution in [2.45, 2.75) is 32.3 Å². The monoisotopic (exact) mass is 416 g/mol. The number of carbonyl (C=O) groups is 2. The molecule has 160 valence electrons. The smallest absolute Gasteiger partial charge is 0.313 e. The second-order valence-corrected chi connectivity index (χ2v) is 8.13. The summed E-state index contributed by atoms with van der Waals surface area (Å²) < 4.78 is 0. The molecule has 3 aromatic carbocycles. The molecule has 0 heterocycles. The largest absolute Gasteiger partial charge is 0.384 e. The van der Waals surface area contributed by atoms with Crippen molar-refractivity contribution in [1.29, 1.82) is 0 Å². The topological polar surface area (TPSA) is 78.4 Å². The van der Waals surface area contributed by atoms with Crippen LogP contribution in [0.2, 0.25) is 0 Å². The fourth-order valence-electron chi connectivity index (χ4n) is 3.23. The lowest BCUT2D eigenvalue weighted by molar-refractivity contribution is -0.136. The van der Waals surface area contributed by atoms with Crippen LogP contribution in [0, 0.1) is 0 Å². The molecule has 0 aliphatic heterocycles. The number of nitrogens with one attached hydrogen (secondary N) is 2. The van der Waals surface area contributed by atoms with Gasteiger partial charge in [-0.1, -0.05) is 80.6 Å². The molecule has 0 saturated carbocycles. The van der Waals surface area contributed by atoms with Crippen LogP contribution in [0.5, 0.6) is 0 Å². The van der Waals surface area contributed by atoms with Crippen molar-refractivity contribution in [2.75, 3.05) is 11.9 Å². The maximum atomic E-state index is 12.2. The summed E-state index contributed by atoms with van der Waals surface area (Å²) in [6.07, 6.45) is 0. The number of aliphatic hydroxyl groups is 1. The molecule has 31 heavy (non-hydrogen) atoms. The van der Waals surface area contributed by atoms with E-state index in [-0.39, 0.29) is 6.54 Å². The van der Waals surface area contributed by atoms with E-state index in [0.717, 1.165) is 16.7 Å². The number of benzene rings is 3. The van der Waals surface area contributed by atoms with Crippen LogP contribution >= 0.6 is 0 Å². The summed E-state index contributed by atoms with van der Waals surface area (Å²) in [5, 5.41) is 15.9. The number of hydrogen-bond donors (Lipinski definition) is 3.